The quantitative estimate of drug-likeness (QED) is 0.672. The standard InChI is InChI=1S/C15H9BrFN3O/c16-14-13(9-3-1-2-4-11(9)17)20-8-21-12-5-6-18-7-10(12)15(20)19-14/h1-7H,8H2. The van der Waals surface area contributed by atoms with Crippen LogP contribution in [0.5, 0.6) is 5.75 Å². The third-order valence-electron chi connectivity index (χ3n) is 3.43. The van der Waals surface area contributed by atoms with Gasteiger partial charge in [-0.2, -0.15) is 0 Å². The highest BCUT2D eigenvalue weighted by Gasteiger charge is 2.25. The van der Waals surface area contributed by atoms with E-state index >= 15 is 0 Å². The Bertz CT molecular complexity index is 847. The second-order valence-electron chi connectivity index (χ2n) is 4.63. The highest BCUT2D eigenvalue weighted by atomic mass is 79.9. The van der Waals surface area contributed by atoms with Crippen molar-refractivity contribution in [1.29, 1.82) is 0 Å². The largest absolute Gasteiger partial charge is 0.472 e. The minimum absolute atomic E-state index is 0.286. The van der Waals surface area contributed by atoms with Crippen molar-refractivity contribution < 1.29 is 9.13 Å². The summed E-state index contributed by atoms with van der Waals surface area (Å²) >= 11 is 3.43. The number of halogens is 2. The van der Waals surface area contributed by atoms with E-state index in [0.717, 1.165) is 17.1 Å². The fourth-order valence-corrected chi connectivity index (χ4v) is 3.07. The van der Waals surface area contributed by atoms with E-state index < -0.39 is 0 Å². The zero-order valence-corrected chi connectivity index (χ0v) is 12.3. The summed E-state index contributed by atoms with van der Waals surface area (Å²) < 4.78 is 22.2. The molecule has 0 aliphatic carbocycles. The van der Waals surface area contributed by atoms with E-state index in [9.17, 15) is 4.39 Å². The molecule has 0 N–H and O–H groups in total. The smallest absolute Gasteiger partial charge is 0.167 e. The highest BCUT2D eigenvalue weighted by molar-refractivity contribution is 9.10. The molecule has 0 atom stereocenters. The van der Waals surface area contributed by atoms with Crippen LogP contribution in [0.3, 0.4) is 0 Å². The van der Waals surface area contributed by atoms with Gasteiger partial charge in [0.15, 0.2) is 6.73 Å². The number of aromatic nitrogens is 3. The van der Waals surface area contributed by atoms with Crippen LogP contribution in [0.25, 0.3) is 22.6 Å². The van der Waals surface area contributed by atoms with Crippen molar-refractivity contribution in [3.8, 4) is 28.4 Å². The monoisotopic (exact) mass is 345 g/mol. The third kappa shape index (κ3) is 1.86. The van der Waals surface area contributed by atoms with Gasteiger partial charge in [-0.1, -0.05) is 12.1 Å². The molecule has 0 spiro atoms. The molecular weight excluding hydrogens is 337 g/mol. The Balaban J connectivity index is 1.98. The number of nitrogens with zero attached hydrogens (tertiary/aromatic N) is 3. The predicted octanol–water partition coefficient (Wildman–Crippen LogP) is 3.86. The van der Waals surface area contributed by atoms with Crippen molar-refractivity contribution >= 4 is 15.9 Å². The summed E-state index contributed by atoms with van der Waals surface area (Å²) in [7, 11) is 0. The molecule has 1 aliphatic heterocycles. The summed E-state index contributed by atoms with van der Waals surface area (Å²) in [6, 6.07) is 8.41. The number of hydrogen-bond donors (Lipinski definition) is 0. The Morgan fingerprint density at radius 1 is 1.19 bits per heavy atom. The molecular formula is C15H9BrFN3O. The van der Waals surface area contributed by atoms with Crippen molar-refractivity contribution in [3.05, 3.63) is 53.1 Å². The molecule has 21 heavy (non-hydrogen) atoms. The number of pyridine rings is 1. The number of imidazole rings is 1. The number of benzene rings is 1. The summed E-state index contributed by atoms with van der Waals surface area (Å²) in [5.41, 5.74) is 1.95. The lowest BCUT2D eigenvalue weighted by Crippen LogP contribution is -2.14. The first-order valence-corrected chi connectivity index (χ1v) is 7.13. The van der Waals surface area contributed by atoms with E-state index in [-0.39, 0.29) is 12.5 Å². The highest BCUT2D eigenvalue weighted by Crippen LogP contribution is 2.39. The molecule has 4 nitrogen and oxygen atoms in total. The lowest BCUT2D eigenvalue weighted by molar-refractivity contribution is 0.231. The van der Waals surface area contributed by atoms with Crippen molar-refractivity contribution in [3.63, 3.8) is 0 Å². The van der Waals surface area contributed by atoms with Gasteiger partial charge in [0.05, 0.1) is 11.3 Å². The van der Waals surface area contributed by atoms with Crippen molar-refractivity contribution in [2.75, 3.05) is 0 Å². The SMILES string of the molecule is Fc1ccccc1-c1c(Br)nc2n1COc1ccncc1-2. The first-order chi connectivity index (χ1) is 10.3. The molecule has 3 heterocycles. The average molecular weight is 346 g/mol. The first kappa shape index (κ1) is 12.5. The summed E-state index contributed by atoms with van der Waals surface area (Å²) in [5, 5.41) is 0. The summed E-state index contributed by atoms with van der Waals surface area (Å²) in [6.07, 6.45) is 3.37. The minimum Gasteiger partial charge on any atom is -0.472 e. The molecule has 0 saturated carbocycles. The van der Waals surface area contributed by atoms with E-state index in [1.165, 1.54) is 6.07 Å². The van der Waals surface area contributed by atoms with E-state index in [0.29, 0.717) is 15.9 Å². The Morgan fingerprint density at radius 2 is 2.05 bits per heavy atom. The number of rotatable bonds is 1. The van der Waals surface area contributed by atoms with Gasteiger partial charge in [-0.3, -0.25) is 9.55 Å². The van der Waals surface area contributed by atoms with Gasteiger partial charge in [-0.05, 0) is 34.1 Å². The Kier molecular flexibility index (Phi) is 2.78. The van der Waals surface area contributed by atoms with Crippen LogP contribution in [0, 0.1) is 5.82 Å². The second-order valence-corrected chi connectivity index (χ2v) is 5.38. The maximum Gasteiger partial charge on any atom is 0.167 e. The minimum atomic E-state index is -0.294. The summed E-state index contributed by atoms with van der Waals surface area (Å²) in [4.78, 5) is 8.61. The van der Waals surface area contributed by atoms with Gasteiger partial charge in [0.25, 0.3) is 0 Å². The molecule has 0 amide bonds. The van der Waals surface area contributed by atoms with E-state index in [4.69, 9.17) is 4.74 Å². The molecule has 0 fully saturated rings. The molecule has 1 aromatic carbocycles. The maximum absolute atomic E-state index is 14.1. The van der Waals surface area contributed by atoms with E-state index in [2.05, 4.69) is 25.9 Å². The molecule has 3 aromatic rings. The number of hydrogen-bond acceptors (Lipinski definition) is 3. The lowest BCUT2D eigenvalue weighted by Gasteiger charge is -2.20. The second kappa shape index (κ2) is 4.66. The van der Waals surface area contributed by atoms with Crippen LogP contribution in [-0.4, -0.2) is 14.5 Å². The molecule has 4 rings (SSSR count). The van der Waals surface area contributed by atoms with E-state index in [1.54, 1.807) is 36.7 Å². The van der Waals surface area contributed by atoms with E-state index in [1.807, 2.05) is 4.57 Å². The van der Waals surface area contributed by atoms with Gasteiger partial charge < -0.3 is 4.74 Å². The molecule has 104 valence electrons. The topological polar surface area (TPSA) is 39.9 Å². The molecule has 0 unspecified atom stereocenters. The molecule has 0 saturated heterocycles. The number of ether oxygens (including phenoxy) is 1. The maximum atomic E-state index is 14.1. The van der Waals surface area contributed by atoms with Gasteiger partial charge in [-0.15, -0.1) is 0 Å². The van der Waals surface area contributed by atoms with Crippen LogP contribution in [-0.2, 0) is 6.73 Å². The van der Waals surface area contributed by atoms with Crippen LogP contribution in [0.4, 0.5) is 4.39 Å². The van der Waals surface area contributed by atoms with Gasteiger partial charge in [0.2, 0.25) is 0 Å². The van der Waals surface area contributed by atoms with Crippen LogP contribution in [0.15, 0.2) is 47.3 Å². The molecule has 2 aromatic heterocycles. The van der Waals surface area contributed by atoms with Crippen molar-refractivity contribution in [2.24, 2.45) is 0 Å². The van der Waals surface area contributed by atoms with Crippen molar-refractivity contribution in [1.82, 2.24) is 14.5 Å². The van der Waals surface area contributed by atoms with Gasteiger partial charge in [0, 0.05) is 18.0 Å². The van der Waals surface area contributed by atoms with Gasteiger partial charge >= 0.3 is 0 Å². The van der Waals surface area contributed by atoms with Crippen LogP contribution in [0.1, 0.15) is 0 Å². The molecule has 0 bridgehead atoms. The summed E-state index contributed by atoms with van der Waals surface area (Å²) in [6.45, 7) is 0.286. The van der Waals surface area contributed by atoms with Gasteiger partial charge in [-0.25, -0.2) is 9.37 Å². The lowest BCUT2D eigenvalue weighted by atomic mass is 10.1. The zero-order chi connectivity index (χ0) is 14.4. The van der Waals surface area contributed by atoms with Gasteiger partial charge in [0.1, 0.15) is 22.0 Å². The fourth-order valence-electron chi connectivity index (χ4n) is 2.47. The number of fused-ring (bicyclic) bond motifs is 3. The van der Waals surface area contributed by atoms with Crippen LogP contribution < -0.4 is 4.74 Å². The molecule has 1 aliphatic rings. The molecule has 6 heteroatoms. The summed E-state index contributed by atoms with van der Waals surface area (Å²) in [5.74, 6) is 1.16. The fraction of sp³-hybridized carbons (Fsp3) is 0.0667. The van der Waals surface area contributed by atoms with Crippen molar-refractivity contribution in [2.45, 2.75) is 6.73 Å². The first-order valence-electron chi connectivity index (χ1n) is 6.34. The Morgan fingerprint density at radius 3 is 2.90 bits per heavy atom. The predicted molar refractivity (Wildman–Crippen MR) is 79.2 cm³/mol. The van der Waals surface area contributed by atoms with Crippen LogP contribution in [0.2, 0.25) is 0 Å². The Hall–Kier alpha value is -2.21. The zero-order valence-electron chi connectivity index (χ0n) is 10.8. The van der Waals surface area contributed by atoms with Crippen LogP contribution >= 0.6 is 15.9 Å². The average Bonchev–Trinajstić information content (AvgIpc) is 2.84. The normalized spacial score (nSPS) is 12.5. The third-order valence-corrected chi connectivity index (χ3v) is 3.98. The molecule has 0 radical (unpaired) electrons. The Labute approximate surface area is 128 Å².